The number of fused-ring (bicyclic) bond motifs is 1. The van der Waals surface area contributed by atoms with Crippen molar-refractivity contribution in [1.29, 1.82) is 0 Å². The van der Waals surface area contributed by atoms with Crippen LogP contribution in [0.1, 0.15) is 28.5 Å². The fourth-order valence-electron chi connectivity index (χ4n) is 2.90. The Morgan fingerprint density at radius 3 is 2.54 bits per heavy atom. The second-order valence-electron chi connectivity index (χ2n) is 5.57. The summed E-state index contributed by atoms with van der Waals surface area (Å²) >= 11 is 12.8. The minimum Gasteiger partial charge on any atom is -0.385 e. The maximum Gasteiger partial charge on any atom is 0.257 e. The summed E-state index contributed by atoms with van der Waals surface area (Å²) in [4.78, 5) is 14.7. The van der Waals surface area contributed by atoms with Crippen molar-refractivity contribution in [2.24, 2.45) is 0 Å². The first-order valence-corrected chi connectivity index (χ1v) is 8.48. The van der Waals surface area contributed by atoms with Gasteiger partial charge in [-0.1, -0.05) is 41.4 Å². The Morgan fingerprint density at radius 2 is 1.83 bits per heavy atom. The van der Waals surface area contributed by atoms with E-state index < -0.39 is 6.17 Å². The van der Waals surface area contributed by atoms with Gasteiger partial charge in [0, 0.05) is 41.6 Å². The first kappa shape index (κ1) is 17.1. The largest absolute Gasteiger partial charge is 0.385 e. The van der Waals surface area contributed by atoms with Crippen LogP contribution in [-0.2, 0) is 4.74 Å². The molecule has 24 heavy (non-hydrogen) atoms. The molecule has 3 rings (SSSR count). The average Bonchev–Trinajstić information content (AvgIpc) is 2.57. The molecule has 0 radical (unpaired) electrons. The van der Waals surface area contributed by atoms with Crippen LogP contribution in [-0.4, -0.2) is 31.1 Å². The van der Waals surface area contributed by atoms with Crippen molar-refractivity contribution >= 4 is 34.8 Å². The molecule has 0 aromatic heterocycles. The lowest BCUT2D eigenvalue weighted by Gasteiger charge is -2.38. The van der Waals surface area contributed by atoms with Crippen molar-refractivity contribution in [2.45, 2.75) is 12.6 Å². The van der Waals surface area contributed by atoms with Crippen LogP contribution in [0.4, 0.5) is 5.69 Å². The Bertz CT molecular complexity index is 731. The number of ether oxygens (including phenoxy) is 1. The molecule has 1 N–H and O–H groups in total. The third-order valence-corrected chi connectivity index (χ3v) is 4.70. The van der Waals surface area contributed by atoms with E-state index in [1.807, 2.05) is 24.3 Å². The highest BCUT2D eigenvalue weighted by atomic mass is 35.5. The van der Waals surface area contributed by atoms with Crippen molar-refractivity contribution in [1.82, 2.24) is 4.90 Å². The summed E-state index contributed by atoms with van der Waals surface area (Å²) in [6.07, 6.45) is 0.315. The number of methoxy groups -OCH3 is 1. The summed E-state index contributed by atoms with van der Waals surface area (Å²) in [6, 6.07) is 12.8. The summed E-state index contributed by atoms with van der Waals surface area (Å²) in [5, 5.41) is 4.46. The first-order chi connectivity index (χ1) is 11.6. The lowest BCUT2D eigenvalue weighted by molar-refractivity contribution is 0.0660. The standard InChI is InChI=1S/C18H18Cl2N2O2/c1-24-11-5-10-22-17(16-13(19)7-4-8-14(16)20)21-15-9-3-2-6-12(15)18(22)23/h2-4,6-9,17,21H,5,10-11H2,1H3. The Labute approximate surface area is 151 Å². The van der Waals surface area contributed by atoms with Crippen molar-refractivity contribution in [3.05, 3.63) is 63.6 Å². The van der Waals surface area contributed by atoms with Crippen LogP contribution in [0.25, 0.3) is 0 Å². The maximum atomic E-state index is 13.0. The second-order valence-corrected chi connectivity index (χ2v) is 6.39. The topological polar surface area (TPSA) is 41.6 Å². The molecule has 2 aromatic rings. The number of amides is 1. The van der Waals surface area contributed by atoms with Gasteiger partial charge >= 0.3 is 0 Å². The third-order valence-electron chi connectivity index (χ3n) is 4.04. The van der Waals surface area contributed by atoms with Crippen molar-refractivity contribution in [3.63, 3.8) is 0 Å². The van der Waals surface area contributed by atoms with Gasteiger partial charge in [-0.3, -0.25) is 4.79 Å². The predicted octanol–water partition coefficient (Wildman–Crippen LogP) is 4.60. The first-order valence-electron chi connectivity index (χ1n) is 7.73. The number of halogens is 2. The molecule has 1 unspecified atom stereocenters. The quantitative estimate of drug-likeness (QED) is 0.788. The van der Waals surface area contributed by atoms with Crippen LogP contribution in [0.15, 0.2) is 42.5 Å². The van der Waals surface area contributed by atoms with Crippen molar-refractivity contribution < 1.29 is 9.53 Å². The molecular formula is C18H18Cl2N2O2. The Hall–Kier alpha value is -1.75. The molecular weight excluding hydrogens is 347 g/mol. The minimum atomic E-state index is -0.412. The number of para-hydroxylation sites is 1. The highest BCUT2D eigenvalue weighted by molar-refractivity contribution is 6.36. The van der Waals surface area contributed by atoms with Crippen LogP contribution in [0.3, 0.4) is 0 Å². The molecule has 1 aliphatic heterocycles. The molecule has 4 nitrogen and oxygen atoms in total. The molecule has 1 aliphatic rings. The van der Waals surface area contributed by atoms with Gasteiger partial charge in [0.05, 0.1) is 5.56 Å². The molecule has 126 valence electrons. The van der Waals surface area contributed by atoms with E-state index in [1.165, 1.54) is 0 Å². The molecule has 1 heterocycles. The molecule has 0 fully saturated rings. The molecule has 0 spiro atoms. The SMILES string of the molecule is COCCCN1C(=O)c2ccccc2NC1c1c(Cl)cccc1Cl. The molecule has 1 amide bonds. The van der Waals surface area contributed by atoms with E-state index >= 15 is 0 Å². The van der Waals surface area contributed by atoms with Gasteiger partial charge in [0.2, 0.25) is 0 Å². The van der Waals surface area contributed by atoms with Crippen LogP contribution in [0, 0.1) is 0 Å². The Balaban J connectivity index is 2.03. The Morgan fingerprint density at radius 1 is 1.12 bits per heavy atom. The van der Waals surface area contributed by atoms with Gasteiger partial charge in [-0.05, 0) is 30.7 Å². The summed E-state index contributed by atoms with van der Waals surface area (Å²) in [5.41, 5.74) is 2.14. The van der Waals surface area contributed by atoms with Crippen molar-refractivity contribution in [3.8, 4) is 0 Å². The van der Waals surface area contributed by atoms with Crippen LogP contribution >= 0.6 is 23.2 Å². The third kappa shape index (κ3) is 3.22. The van der Waals surface area contributed by atoms with Crippen LogP contribution < -0.4 is 5.32 Å². The molecule has 0 saturated carbocycles. The van der Waals surface area contributed by atoms with Crippen molar-refractivity contribution in [2.75, 3.05) is 25.6 Å². The average molecular weight is 365 g/mol. The highest BCUT2D eigenvalue weighted by Crippen LogP contribution is 2.39. The summed E-state index contributed by atoms with van der Waals surface area (Å²) in [6.45, 7) is 1.12. The number of rotatable bonds is 5. The van der Waals surface area contributed by atoms with E-state index in [1.54, 1.807) is 30.2 Å². The fourth-order valence-corrected chi connectivity index (χ4v) is 3.51. The zero-order valence-electron chi connectivity index (χ0n) is 13.3. The van der Waals surface area contributed by atoms with E-state index in [0.29, 0.717) is 34.3 Å². The van der Waals surface area contributed by atoms with E-state index in [4.69, 9.17) is 27.9 Å². The van der Waals surface area contributed by atoms with Gasteiger partial charge in [-0.25, -0.2) is 0 Å². The molecule has 0 bridgehead atoms. The highest BCUT2D eigenvalue weighted by Gasteiger charge is 2.34. The normalized spacial score (nSPS) is 16.7. The maximum absolute atomic E-state index is 13.0. The number of benzene rings is 2. The molecule has 1 atom stereocenters. The molecule has 2 aromatic carbocycles. The van der Waals surface area contributed by atoms with Crippen LogP contribution in [0.5, 0.6) is 0 Å². The fraction of sp³-hybridized carbons (Fsp3) is 0.278. The van der Waals surface area contributed by atoms with Gasteiger partial charge in [-0.15, -0.1) is 0 Å². The number of anilines is 1. The minimum absolute atomic E-state index is 0.0403. The number of carbonyl (C=O) groups excluding carboxylic acids is 1. The van der Waals surface area contributed by atoms with E-state index in [-0.39, 0.29) is 5.91 Å². The summed E-state index contributed by atoms with van der Waals surface area (Å²) < 4.78 is 5.12. The smallest absolute Gasteiger partial charge is 0.257 e. The number of carbonyl (C=O) groups is 1. The Kier molecular flexibility index (Phi) is 5.29. The van der Waals surface area contributed by atoms with Gasteiger partial charge in [0.1, 0.15) is 6.17 Å². The lowest BCUT2D eigenvalue weighted by atomic mass is 10.0. The summed E-state index contributed by atoms with van der Waals surface area (Å²) in [7, 11) is 1.65. The lowest BCUT2D eigenvalue weighted by Crippen LogP contribution is -2.43. The van der Waals surface area contributed by atoms with Crippen LogP contribution in [0.2, 0.25) is 10.0 Å². The van der Waals surface area contributed by atoms with Gasteiger partial charge < -0.3 is 15.0 Å². The van der Waals surface area contributed by atoms with E-state index in [2.05, 4.69) is 5.32 Å². The van der Waals surface area contributed by atoms with E-state index in [9.17, 15) is 4.79 Å². The molecule has 0 aliphatic carbocycles. The van der Waals surface area contributed by atoms with Gasteiger partial charge in [0.25, 0.3) is 5.91 Å². The summed E-state index contributed by atoms with van der Waals surface area (Å²) in [5.74, 6) is -0.0403. The predicted molar refractivity (Wildman–Crippen MR) is 96.8 cm³/mol. The van der Waals surface area contributed by atoms with E-state index in [0.717, 1.165) is 12.1 Å². The van der Waals surface area contributed by atoms with Gasteiger partial charge in [-0.2, -0.15) is 0 Å². The van der Waals surface area contributed by atoms with Gasteiger partial charge in [0.15, 0.2) is 0 Å². The number of nitrogens with one attached hydrogen (secondary N) is 1. The molecule has 0 saturated heterocycles. The zero-order valence-corrected chi connectivity index (χ0v) is 14.8. The number of nitrogens with zero attached hydrogens (tertiary/aromatic N) is 1. The molecule has 6 heteroatoms. The second kappa shape index (κ2) is 7.43. The number of hydrogen-bond donors (Lipinski definition) is 1. The number of hydrogen-bond acceptors (Lipinski definition) is 3. The monoisotopic (exact) mass is 364 g/mol. The zero-order chi connectivity index (χ0) is 17.1.